The number of rotatable bonds is 6. The normalized spacial score (nSPS) is 27.0. The number of anilines is 1. The van der Waals surface area contributed by atoms with Gasteiger partial charge in [-0.25, -0.2) is 0 Å². The Bertz CT molecular complexity index is 1080. The van der Waals surface area contributed by atoms with E-state index < -0.39 is 0 Å². The van der Waals surface area contributed by atoms with Gasteiger partial charge in [-0.05, 0) is 59.9 Å². The molecule has 0 amide bonds. The summed E-state index contributed by atoms with van der Waals surface area (Å²) in [7, 11) is 0. The molecule has 1 fully saturated rings. The molecule has 0 aromatic heterocycles. The quantitative estimate of drug-likeness (QED) is 0.373. The summed E-state index contributed by atoms with van der Waals surface area (Å²) >= 11 is 0. The highest BCUT2D eigenvalue weighted by molar-refractivity contribution is 5.58. The molecule has 1 saturated carbocycles. The maximum absolute atomic E-state index is 7.09. The third-order valence-electron chi connectivity index (χ3n) is 7.73. The largest absolute Gasteiger partial charge is 0.492 e. The number of hydrogen-bond acceptors (Lipinski definition) is 2. The third-order valence-corrected chi connectivity index (χ3v) is 7.73. The van der Waals surface area contributed by atoms with Crippen molar-refractivity contribution in [2.75, 3.05) is 4.90 Å². The molecule has 0 saturated heterocycles. The minimum absolute atomic E-state index is 0.0545. The van der Waals surface area contributed by atoms with Crippen molar-refractivity contribution in [3.8, 4) is 0 Å². The van der Waals surface area contributed by atoms with Gasteiger partial charge in [0, 0.05) is 5.69 Å². The van der Waals surface area contributed by atoms with E-state index in [9.17, 15) is 0 Å². The fourth-order valence-electron chi connectivity index (χ4n) is 5.93. The highest BCUT2D eigenvalue weighted by Crippen LogP contribution is 2.48. The highest BCUT2D eigenvalue weighted by Gasteiger charge is 2.41. The van der Waals surface area contributed by atoms with Crippen LogP contribution in [0.2, 0.25) is 0 Å². The van der Waals surface area contributed by atoms with Gasteiger partial charge in [0.15, 0.2) is 0 Å². The van der Waals surface area contributed by atoms with Crippen molar-refractivity contribution >= 4 is 5.69 Å². The molecule has 0 spiro atoms. The van der Waals surface area contributed by atoms with Crippen LogP contribution in [0.4, 0.5) is 5.69 Å². The summed E-state index contributed by atoms with van der Waals surface area (Å²) in [4.78, 5) is 2.54. The topological polar surface area (TPSA) is 12.5 Å². The predicted octanol–water partition coefficient (Wildman–Crippen LogP) is 8.35. The van der Waals surface area contributed by atoms with Crippen LogP contribution >= 0.6 is 0 Å². The first-order chi connectivity index (χ1) is 16.6. The molecular weight excluding hydrogens is 414 g/mol. The lowest BCUT2D eigenvalue weighted by atomic mass is 9.75. The fourth-order valence-corrected chi connectivity index (χ4v) is 5.93. The molecule has 2 aliphatic rings. The highest BCUT2D eigenvalue weighted by atomic mass is 16.5. The van der Waals surface area contributed by atoms with E-state index in [2.05, 4.69) is 123 Å². The van der Waals surface area contributed by atoms with Crippen LogP contribution in [0.5, 0.6) is 0 Å². The Morgan fingerprint density at radius 2 is 1.35 bits per heavy atom. The van der Waals surface area contributed by atoms with E-state index in [0.29, 0.717) is 17.8 Å². The molecule has 0 bridgehead atoms. The number of hydrogen-bond donors (Lipinski definition) is 0. The summed E-state index contributed by atoms with van der Waals surface area (Å²) < 4.78 is 7.09. The summed E-state index contributed by atoms with van der Waals surface area (Å²) in [6.45, 7) is 7.10. The van der Waals surface area contributed by atoms with Crippen molar-refractivity contribution < 1.29 is 4.74 Å². The zero-order valence-corrected chi connectivity index (χ0v) is 20.7. The lowest BCUT2D eigenvalue weighted by molar-refractivity contribution is -0.00572. The monoisotopic (exact) mass is 451 g/mol. The molecule has 2 nitrogen and oxygen atoms in total. The van der Waals surface area contributed by atoms with Crippen LogP contribution in [0.15, 0.2) is 103 Å². The lowest BCUT2D eigenvalue weighted by Gasteiger charge is -2.39. The van der Waals surface area contributed by atoms with E-state index in [0.717, 1.165) is 12.2 Å². The first-order valence-corrected chi connectivity index (χ1v) is 12.9. The van der Waals surface area contributed by atoms with E-state index in [-0.39, 0.29) is 18.2 Å². The second-order valence-electron chi connectivity index (χ2n) is 10.5. The molecule has 34 heavy (non-hydrogen) atoms. The Morgan fingerprint density at radius 3 is 1.97 bits per heavy atom. The van der Waals surface area contributed by atoms with Gasteiger partial charge < -0.3 is 9.64 Å². The van der Waals surface area contributed by atoms with E-state index in [4.69, 9.17) is 4.74 Å². The number of nitrogens with zero attached hydrogens (tertiary/aromatic N) is 1. The van der Waals surface area contributed by atoms with Crippen molar-refractivity contribution in [1.82, 2.24) is 0 Å². The van der Waals surface area contributed by atoms with Crippen molar-refractivity contribution in [3.05, 3.63) is 114 Å². The van der Waals surface area contributed by atoms with Crippen molar-refractivity contribution in [1.29, 1.82) is 0 Å². The summed E-state index contributed by atoms with van der Waals surface area (Å²) in [5.41, 5.74) is 3.79. The van der Waals surface area contributed by atoms with Gasteiger partial charge in [0.2, 0.25) is 0 Å². The number of ether oxygens (including phenoxy) is 1. The molecule has 1 aliphatic heterocycles. The first kappa shape index (κ1) is 22.8. The van der Waals surface area contributed by atoms with Gasteiger partial charge in [0.1, 0.15) is 17.9 Å². The van der Waals surface area contributed by atoms with Crippen LogP contribution in [0.1, 0.15) is 63.2 Å². The maximum atomic E-state index is 7.09. The van der Waals surface area contributed by atoms with E-state index in [1.165, 1.54) is 29.7 Å². The van der Waals surface area contributed by atoms with E-state index in [1.54, 1.807) is 0 Å². The van der Waals surface area contributed by atoms with Gasteiger partial charge in [-0.2, -0.15) is 0 Å². The molecule has 0 radical (unpaired) electrons. The Hall–Kier alpha value is -3.00. The zero-order chi connectivity index (χ0) is 23.5. The molecule has 0 N–H and O–H groups in total. The van der Waals surface area contributed by atoms with Crippen LogP contribution in [0.3, 0.4) is 0 Å². The van der Waals surface area contributed by atoms with E-state index >= 15 is 0 Å². The van der Waals surface area contributed by atoms with Gasteiger partial charge in [-0.15, -0.1) is 0 Å². The predicted molar refractivity (Wildman–Crippen MR) is 142 cm³/mol. The number of para-hydroxylation sites is 1. The van der Waals surface area contributed by atoms with Gasteiger partial charge >= 0.3 is 0 Å². The van der Waals surface area contributed by atoms with Crippen LogP contribution in [0.25, 0.3) is 0 Å². The zero-order valence-electron chi connectivity index (χ0n) is 20.7. The van der Waals surface area contributed by atoms with E-state index in [1.807, 2.05) is 0 Å². The molecule has 2 heteroatoms. The molecule has 1 aliphatic carbocycles. The van der Waals surface area contributed by atoms with Gasteiger partial charge in [-0.1, -0.05) is 106 Å². The Labute approximate surface area is 205 Å². The second kappa shape index (κ2) is 10.1. The van der Waals surface area contributed by atoms with Crippen molar-refractivity contribution in [2.45, 2.75) is 58.2 Å². The standard InChI is InChI=1S/C32H37NO/c1-23(2)28-20-19-24(3)21-30(28)34-31-22-29(25-13-7-4-8-14-25)33(27-17-11-6-12-18-27)32(31)26-15-9-5-10-16-26/h4-18,22-24,28-30,32H,19-21H2,1-3H3/t24-,28+,29?,30-,32?/m1/s1. The van der Waals surface area contributed by atoms with Crippen LogP contribution in [0, 0.1) is 17.8 Å². The molecule has 3 aromatic carbocycles. The van der Waals surface area contributed by atoms with Crippen LogP contribution < -0.4 is 4.90 Å². The second-order valence-corrected chi connectivity index (χ2v) is 10.5. The fraction of sp³-hybridized carbons (Fsp3) is 0.375. The van der Waals surface area contributed by atoms with Gasteiger partial charge in [-0.3, -0.25) is 0 Å². The van der Waals surface area contributed by atoms with Gasteiger partial charge in [0.05, 0.1) is 6.04 Å². The number of benzene rings is 3. The molecule has 1 heterocycles. The molecule has 5 rings (SSSR count). The Morgan fingerprint density at radius 1 is 0.765 bits per heavy atom. The lowest BCUT2D eigenvalue weighted by Crippen LogP contribution is -2.35. The molecule has 3 aromatic rings. The minimum atomic E-state index is 0.0545. The average Bonchev–Trinajstić information content (AvgIpc) is 3.24. The SMILES string of the molecule is CC(C)[C@@H]1CC[C@@H](C)C[C@H]1OC1=CC(c2ccccc2)N(c2ccccc2)C1c1ccccc1. The van der Waals surface area contributed by atoms with Crippen molar-refractivity contribution in [2.24, 2.45) is 17.8 Å². The molecular formula is C32H37NO. The minimum Gasteiger partial charge on any atom is -0.492 e. The van der Waals surface area contributed by atoms with Crippen LogP contribution in [-0.4, -0.2) is 6.10 Å². The van der Waals surface area contributed by atoms with Crippen molar-refractivity contribution in [3.63, 3.8) is 0 Å². The molecule has 2 unspecified atom stereocenters. The summed E-state index contributed by atoms with van der Waals surface area (Å²) in [6, 6.07) is 32.7. The van der Waals surface area contributed by atoms with Crippen LogP contribution in [-0.2, 0) is 4.74 Å². The Balaban J connectivity index is 1.59. The smallest absolute Gasteiger partial charge is 0.122 e. The first-order valence-electron chi connectivity index (χ1n) is 12.9. The average molecular weight is 452 g/mol. The summed E-state index contributed by atoms with van der Waals surface area (Å²) in [6.07, 6.45) is 6.37. The van der Waals surface area contributed by atoms with Gasteiger partial charge in [0.25, 0.3) is 0 Å². The third kappa shape index (κ3) is 4.64. The summed E-state index contributed by atoms with van der Waals surface area (Å²) in [5.74, 6) is 3.06. The molecule has 5 atom stereocenters. The molecule has 176 valence electrons. The summed E-state index contributed by atoms with van der Waals surface area (Å²) in [5, 5.41) is 0. The Kier molecular flexibility index (Phi) is 6.76. The maximum Gasteiger partial charge on any atom is 0.122 e.